The van der Waals surface area contributed by atoms with Crippen LogP contribution in [0.1, 0.15) is 97.3 Å². The molecule has 77 heavy (non-hydrogen) atoms. The first kappa shape index (κ1) is 54.2. The van der Waals surface area contributed by atoms with E-state index in [-0.39, 0.29) is 91.4 Å². The average molecular weight is 1100 g/mol. The van der Waals surface area contributed by atoms with Crippen LogP contribution in [0, 0.1) is 10.8 Å². The van der Waals surface area contributed by atoms with Crippen LogP contribution in [0.4, 0.5) is 4.39 Å². The molecule has 6 amide bonds. The molecule has 5 aliphatic heterocycles. The van der Waals surface area contributed by atoms with Crippen molar-refractivity contribution in [3.63, 3.8) is 0 Å². The molecule has 23 heteroatoms. The molecule has 410 valence electrons. The van der Waals surface area contributed by atoms with Crippen molar-refractivity contribution < 1.29 is 57.0 Å². The topological polar surface area (TPSA) is 242 Å². The summed E-state index contributed by atoms with van der Waals surface area (Å²) < 4.78 is 42.3. The number of morpholine rings is 1. The Morgan fingerprint density at radius 2 is 1.68 bits per heavy atom. The highest BCUT2D eigenvalue weighted by molar-refractivity contribution is 7.51. The van der Waals surface area contributed by atoms with Gasteiger partial charge < -0.3 is 39.3 Å². The van der Waals surface area contributed by atoms with E-state index >= 15 is 0 Å². The van der Waals surface area contributed by atoms with Crippen LogP contribution in [0.3, 0.4) is 0 Å². The number of nitrogens with one attached hydrogen (secondary N) is 2. The van der Waals surface area contributed by atoms with E-state index in [9.17, 15) is 52.3 Å². The van der Waals surface area contributed by atoms with Crippen LogP contribution in [0.25, 0.3) is 21.1 Å². The van der Waals surface area contributed by atoms with Crippen molar-refractivity contribution in [2.75, 3.05) is 59.0 Å². The Morgan fingerprint density at radius 1 is 0.935 bits per heavy atom. The number of aryl methyl sites for hydroxylation is 1. The molecule has 0 bridgehead atoms. The first-order chi connectivity index (χ1) is 36.6. The number of benzene rings is 3. The zero-order valence-corrected chi connectivity index (χ0v) is 45.1. The minimum Gasteiger partial charge on any atom is -0.370 e. The minimum absolute atomic E-state index is 0.0375. The molecule has 10 rings (SSSR count). The lowest BCUT2D eigenvalue weighted by atomic mass is 9.72. The highest BCUT2D eigenvalue weighted by atomic mass is 32.1. The zero-order chi connectivity index (χ0) is 54.7. The molecule has 5 aliphatic rings. The Morgan fingerprint density at radius 3 is 2.38 bits per heavy atom. The summed E-state index contributed by atoms with van der Waals surface area (Å²) in [7, 11) is -3.40. The minimum atomic E-state index is -5.08. The fourth-order valence-electron chi connectivity index (χ4n) is 11.7. The molecule has 5 aromatic rings. The predicted molar refractivity (Wildman–Crippen MR) is 282 cm³/mol. The van der Waals surface area contributed by atoms with Gasteiger partial charge in [-0.2, -0.15) is 0 Å². The second-order valence-corrected chi connectivity index (χ2v) is 25.0. The number of likely N-dealkylation sites (tertiary alicyclic amines) is 3. The molecule has 1 spiro atoms. The van der Waals surface area contributed by atoms with Gasteiger partial charge in [-0.3, -0.25) is 52.7 Å². The first-order valence-corrected chi connectivity index (χ1v) is 28.5. The monoisotopic (exact) mass is 1100 g/mol. The predicted octanol–water partition coefficient (Wildman–Crippen LogP) is 4.53. The number of imidazole rings is 1. The number of fused-ring (bicyclic) bond motifs is 2. The number of carbonyl (C=O) groups excluding carboxylic acids is 6. The summed E-state index contributed by atoms with van der Waals surface area (Å²) in [5.41, 5.74) is 1.88. The lowest BCUT2D eigenvalue weighted by Crippen LogP contribution is -2.61. The second kappa shape index (κ2) is 21.3. The van der Waals surface area contributed by atoms with Crippen LogP contribution in [-0.2, 0) is 51.6 Å². The third-order valence-corrected chi connectivity index (χ3v) is 18.0. The molecule has 6 atom stereocenters. The van der Waals surface area contributed by atoms with Crippen LogP contribution in [-0.4, -0.2) is 151 Å². The number of aromatic nitrogens is 2. The molecule has 1 unspecified atom stereocenters. The maximum atomic E-state index is 15.0. The van der Waals surface area contributed by atoms with E-state index in [1.807, 2.05) is 48.5 Å². The largest absolute Gasteiger partial charge is 0.370 e. The maximum absolute atomic E-state index is 15.0. The number of hydrogen-bond acceptors (Lipinski definition) is 12. The highest BCUT2D eigenvalue weighted by Gasteiger charge is 2.50. The van der Waals surface area contributed by atoms with E-state index in [0.717, 1.165) is 48.4 Å². The van der Waals surface area contributed by atoms with Crippen LogP contribution >= 0.6 is 18.9 Å². The van der Waals surface area contributed by atoms with Crippen LogP contribution < -0.4 is 16.3 Å². The van der Waals surface area contributed by atoms with Gasteiger partial charge in [-0.1, -0.05) is 63.2 Å². The van der Waals surface area contributed by atoms with E-state index in [0.29, 0.717) is 40.8 Å². The Balaban J connectivity index is 0.789. The molecule has 4 N–H and O–H groups in total. The van der Waals surface area contributed by atoms with E-state index < -0.39 is 67.0 Å². The number of alkyl halides is 1. The molecule has 0 radical (unpaired) electrons. The third kappa shape index (κ3) is 11.0. The summed E-state index contributed by atoms with van der Waals surface area (Å²) in [5.74, 6) is -5.04. The Hall–Kier alpha value is -6.13. The molecule has 7 heterocycles. The normalized spacial score (nSPS) is 23.0. The zero-order valence-electron chi connectivity index (χ0n) is 43.4. The highest BCUT2D eigenvalue weighted by Crippen LogP contribution is 2.53. The number of halogens is 1. The van der Waals surface area contributed by atoms with Crippen molar-refractivity contribution in [3.05, 3.63) is 105 Å². The molecule has 20 nitrogen and oxygen atoms in total. The van der Waals surface area contributed by atoms with Gasteiger partial charge in [-0.15, -0.1) is 11.3 Å². The first-order valence-electron chi connectivity index (χ1n) is 26.0. The standard InChI is InChI=1S/C54H64FN8O12PS/c1-53(2,3)46(57-49(67)42-26-35-25-34(11-14-41(35)77-42)47(55)76(71,72)73)51(69)62-19-16-39(45(62)50(68)61-22-23-74-40(28-61)33-8-6-5-7-9-33)75-29-44(65)60-20-17-54(18-21-60)30-59(31-54)27-32-10-12-36-38(24-32)58(4)52(70)63(36)37-13-15-43(64)56-48(37)66/h5-12,14,24-26,37,39-40,45-47H,13,15-23,27-31H2,1-4H3,(H,57,67)(H,56,64,66)(H2,71,72,73)/t37?,39-,40+,45+,46-,47+/m1/s1. The Kier molecular flexibility index (Phi) is 15.0. The summed E-state index contributed by atoms with van der Waals surface area (Å²) >= 11 is 1.07. The number of nitrogens with zero attached hydrogens (tertiary/aromatic N) is 6. The van der Waals surface area contributed by atoms with E-state index in [2.05, 4.69) is 15.5 Å². The van der Waals surface area contributed by atoms with Crippen LogP contribution in [0.15, 0.2) is 77.6 Å². The van der Waals surface area contributed by atoms with Gasteiger partial charge in [0.2, 0.25) is 35.4 Å². The SMILES string of the molecule is Cn1c(=O)n(C2CCC(=O)NC2=O)c2ccc(CN3CC4(CCN(C(=O)CO[C@@H]5CCN(C(=O)[C@@H](NC(=O)c6cc7cc([C@@H](F)P(=O)(O)O)ccc7s6)C(C)(C)C)[C@@H]5C(=O)N5CCO[C@H](c6ccccc6)C5)CC4)C3)cc21. The lowest BCUT2D eigenvalue weighted by Gasteiger charge is -2.54. The van der Waals surface area contributed by atoms with Gasteiger partial charge in [0.15, 0.2) is 0 Å². The number of ether oxygens (including phenoxy) is 2. The van der Waals surface area contributed by atoms with Crippen molar-refractivity contribution in [3.8, 4) is 0 Å². The number of piperidine rings is 2. The van der Waals surface area contributed by atoms with Crippen LogP contribution in [0.2, 0.25) is 0 Å². The van der Waals surface area contributed by atoms with Crippen molar-refractivity contribution >= 4 is 75.5 Å². The van der Waals surface area contributed by atoms with E-state index in [1.165, 1.54) is 38.3 Å². The molecule has 2 aromatic heterocycles. The van der Waals surface area contributed by atoms with Gasteiger partial charge in [-0.25, -0.2) is 9.18 Å². The quantitative estimate of drug-likeness (QED) is 0.0937. The summed E-state index contributed by atoms with van der Waals surface area (Å²) in [6, 6.07) is 17.8. The number of hydrogen-bond donors (Lipinski definition) is 4. The fourth-order valence-corrected chi connectivity index (χ4v) is 13.2. The van der Waals surface area contributed by atoms with Crippen LogP contribution in [0.5, 0.6) is 0 Å². The van der Waals surface area contributed by atoms with Gasteiger partial charge in [0.05, 0.1) is 35.2 Å². The van der Waals surface area contributed by atoms with Gasteiger partial charge in [0.25, 0.3) is 5.91 Å². The van der Waals surface area contributed by atoms with Gasteiger partial charge >= 0.3 is 13.3 Å². The lowest BCUT2D eigenvalue weighted by molar-refractivity contribution is -0.156. The summed E-state index contributed by atoms with van der Waals surface area (Å²) in [6.07, 6.45) is 1.01. The maximum Gasteiger partial charge on any atom is 0.363 e. The van der Waals surface area contributed by atoms with Gasteiger partial charge in [-0.05, 0) is 88.9 Å². The fraction of sp³-hybridized carbons (Fsp3) is 0.500. The summed E-state index contributed by atoms with van der Waals surface area (Å²) in [5, 5.41) is 5.65. The van der Waals surface area contributed by atoms with Crippen molar-refractivity contribution in [2.45, 2.75) is 95.7 Å². The Labute approximate surface area is 447 Å². The summed E-state index contributed by atoms with van der Waals surface area (Å²) in [6.45, 7) is 9.35. The Bertz CT molecular complexity index is 3250. The number of thiophene rings is 1. The molecule has 5 fully saturated rings. The average Bonchev–Trinajstić information content (AvgIpc) is 4.12. The second-order valence-electron chi connectivity index (χ2n) is 22.3. The van der Waals surface area contributed by atoms with Crippen molar-refractivity contribution in [1.29, 1.82) is 0 Å². The molecular formula is C54H64FN8O12PS. The van der Waals surface area contributed by atoms with E-state index in [1.54, 1.807) is 37.6 Å². The number of amides is 6. The number of rotatable bonds is 13. The van der Waals surface area contributed by atoms with Crippen molar-refractivity contribution in [1.82, 2.24) is 39.4 Å². The molecule has 3 aromatic carbocycles. The number of carbonyl (C=O) groups is 6. The molecular weight excluding hydrogens is 1030 g/mol. The van der Waals surface area contributed by atoms with Crippen molar-refractivity contribution in [2.24, 2.45) is 17.9 Å². The van der Waals surface area contributed by atoms with Gasteiger partial charge in [0.1, 0.15) is 30.8 Å². The van der Waals surface area contributed by atoms with E-state index in [4.69, 9.17) is 9.47 Å². The van der Waals surface area contributed by atoms with Gasteiger partial charge in [0, 0.05) is 64.0 Å². The third-order valence-electron chi connectivity index (χ3n) is 15.9. The number of imide groups is 1. The molecule has 0 aliphatic carbocycles. The summed E-state index contributed by atoms with van der Waals surface area (Å²) in [4.78, 5) is 122. The molecule has 0 saturated carbocycles. The smallest absolute Gasteiger partial charge is 0.363 e. The molecule has 5 saturated heterocycles.